The third kappa shape index (κ3) is 7.05. The lowest BCUT2D eigenvalue weighted by atomic mass is 10.1. The first-order chi connectivity index (χ1) is 15.3. The molecule has 7 heteroatoms. The molecule has 2 heterocycles. The van der Waals surface area contributed by atoms with Crippen LogP contribution in [0.25, 0.3) is 0 Å². The van der Waals surface area contributed by atoms with Gasteiger partial charge in [0.1, 0.15) is 11.6 Å². The molecular formula is C25H33IN6. The molecule has 3 aromatic rings. The van der Waals surface area contributed by atoms with Crippen molar-refractivity contribution in [1.82, 2.24) is 20.1 Å². The Labute approximate surface area is 208 Å². The molecule has 1 aromatic heterocycles. The maximum atomic E-state index is 4.80. The topological polar surface area (TPSA) is 67.1 Å². The fourth-order valence-electron chi connectivity index (χ4n) is 3.85. The van der Waals surface area contributed by atoms with Crippen LogP contribution in [0, 0.1) is 6.92 Å². The molecule has 0 spiro atoms. The van der Waals surface area contributed by atoms with Crippen molar-refractivity contribution in [3.05, 3.63) is 77.4 Å². The second-order valence-electron chi connectivity index (χ2n) is 8.17. The first-order valence-electron chi connectivity index (χ1n) is 11.3. The molecule has 32 heavy (non-hydrogen) atoms. The van der Waals surface area contributed by atoms with Crippen molar-refractivity contribution < 1.29 is 0 Å². The molecule has 0 unspecified atom stereocenters. The monoisotopic (exact) mass is 544 g/mol. The van der Waals surface area contributed by atoms with Gasteiger partial charge in [0, 0.05) is 31.6 Å². The number of nitrogens with zero attached hydrogens (tertiary/aromatic N) is 4. The number of anilines is 1. The summed E-state index contributed by atoms with van der Waals surface area (Å²) < 4.78 is 2.33. The van der Waals surface area contributed by atoms with E-state index in [1.165, 1.54) is 30.4 Å². The molecule has 6 nitrogen and oxygen atoms in total. The second-order valence-corrected chi connectivity index (χ2v) is 8.17. The number of rotatable bonds is 7. The van der Waals surface area contributed by atoms with Crippen molar-refractivity contribution in [2.45, 2.75) is 58.5 Å². The number of guanidine groups is 1. The van der Waals surface area contributed by atoms with E-state index in [0.29, 0.717) is 6.54 Å². The zero-order valence-corrected chi connectivity index (χ0v) is 21.1. The van der Waals surface area contributed by atoms with Gasteiger partial charge < -0.3 is 15.2 Å². The molecule has 2 N–H and O–H groups in total. The maximum Gasteiger partial charge on any atom is 0.196 e. The van der Waals surface area contributed by atoms with E-state index in [-0.39, 0.29) is 24.0 Å². The van der Waals surface area contributed by atoms with Gasteiger partial charge in [-0.1, -0.05) is 54.4 Å². The van der Waals surface area contributed by atoms with Crippen LogP contribution in [0.1, 0.15) is 48.5 Å². The summed E-state index contributed by atoms with van der Waals surface area (Å²) in [4.78, 5) is 4.80. The minimum absolute atomic E-state index is 0. The molecule has 0 amide bonds. The first-order valence-corrected chi connectivity index (χ1v) is 11.3. The Morgan fingerprint density at radius 3 is 2.62 bits per heavy atom. The van der Waals surface area contributed by atoms with Gasteiger partial charge in [-0.3, -0.25) is 0 Å². The highest BCUT2D eigenvalue weighted by molar-refractivity contribution is 14.0. The molecular weight excluding hydrogens is 511 g/mol. The average Bonchev–Trinajstić information content (AvgIpc) is 3.02. The number of para-hydroxylation sites is 1. The highest BCUT2D eigenvalue weighted by Gasteiger charge is 2.14. The fraction of sp³-hybridized carbons (Fsp3) is 0.400. The second kappa shape index (κ2) is 12.6. The molecule has 0 saturated heterocycles. The molecule has 0 fully saturated rings. The number of aryl methyl sites for hydroxylation is 3. The van der Waals surface area contributed by atoms with Crippen LogP contribution in [0.15, 0.2) is 59.6 Å². The third-order valence-electron chi connectivity index (χ3n) is 5.63. The summed E-state index contributed by atoms with van der Waals surface area (Å²) in [6.45, 7) is 4.63. The highest BCUT2D eigenvalue weighted by atomic mass is 127. The van der Waals surface area contributed by atoms with Crippen molar-refractivity contribution in [2.24, 2.45) is 4.99 Å². The lowest BCUT2D eigenvalue weighted by Crippen LogP contribution is -2.32. The predicted molar refractivity (Wildman–Crippen MR) is 142 cm³/mol. The number of hydrogen-bond donors (Lipinski definition) is 2. The van der Waals surface area contributed by atoms with E-state index in [2.05, 4.69) is 68.7 Å². The van der Waals surface area contributed by atoms with E-state index in [9.17, 15) is 0 Å². The van der Waals surface area contributed by atoms with Crippen molar-refractivity contribution in [3.63, 3.8) is 0 Å². The number of aliphatic imine (C=N–C) groups is 1. The summed E-state index contributed by atoms with van der Waals surface area (Å²) in [6.07, 6.45) is 6.71. The molecule has 1 aliphatic rings. The smallest absolute Gasteiger partial charge is 0.196 e. The van der Waals surface area contributed by atoms with Crippen molar-refractivity contribution in [2.75, 3.05) is 11.9 Å². The first kappa shape index (κ1) is 24.2. The molecule has 0 aliphatic carbocycles. The van der Waals surface area contributed by atoms with E-state index in [4.69, 9.17) is 4.99 Å². The Morgan fingerprint density at radius 1 is 1.00 bits per heavy atom. The van der Waals surface area contributed by atoms with Crippen LogP contribution in [0.2, 0.25) is 0 Å². The Balaban J connectivity index is 0.00000289. The quantitative estimate of drug-likeness (QED) is 0.188. The summed E-state index contributed by atoms with van der Waals surface area (Å²) in [7, 11) is 0. The molecule has 2 aromatic carbocycles. The third-order valence-corrected chi connectivity index (χ3v) is 5.63. The SMILES string of the molecule is Cc1ccc(CN=C(NCCCc2nnc3n2CCCCC3)Nc2ccccc2)cc1.I. The van der Waals surface area contributed by atoms with Crippen molar-refractivity contribution in [3.8, 4) is 0 Å². The summed E-state index contributed by atoms with van der Waals surface area (Å²) in [6, 6.07) is 18.7. The predicted octanol–water partition coefficient (Wildman–Crippen LogP) is 5.12. The zero-order valence-electron chi connectivity index (χ0n) is 18.8. The van der Waals surface area contributed by atoms with Gasteiger partial charge in [-0.2, -0.15) is 0 Å². The normalized spacial score (nSPS) is 13.6. The van der Waals surface area contributed by atoms with Crippen molar-refractivity contribution in [1.29, 1.82) is 0 Å². The summed E-state index contributed by atoms with van der Waals surface area (Å²) in [5.41, 5.74) is 3.49. The molecule has 4 rings (SSSR count). The average molecular weight is 544 g/mol. The van der Waals surface area contributed by atoms with Gasteiger partial charge in [-0.25, -0.2) is 4.99 Å². The van der Waals surface area contributed by atoms with Crippen molar-refractivity contribution >= 4 is 35.6 Å². The van der Waals surface area contributed by atoms with Crippen LogP contribution in [0.5, 0.6) is 0 Å². The molecule has 170 valence electrons. The molecule has 0 radical (unpaired) electrons. The van der Waals surface area contributed by atoms with Crippen LogP contribution in [-0.4, -0.2) is 27.3 Å². The van der Waals surface area contributed by atoms with Gasteiger partial charge >= 0.3 is 0 Å². The number of aromatic nitrogens is 3. The highest BCUT2D eigenvalue weighted by Crippen LogP contribution is 2.15. The van der Waals surface area contributed by atoms with E-state index in [1.807, 2.05) is 18.2 Å². The van der Waals surface area contributed by atoms with E-state index >= 15 is 0 Å². The Hall–Kier alpha value is -2.42. The van der Waals surface area contributed by atoms with E-state index in [1.54, 1.807) is 0 Å². The van der Waals surface area contributed by atoms with Gasteiger partial charge in [0.2, 0.25) is 0 Å². The van der Waals surface area contributed by atoms with Gasteiger partial charge in [-0.15, -0.1) is 34.2 Å². The largest absolute Gasteiger partial charge is 0.356 e. The molecule has 0 atom stereocenters. The number of hydrogen-bond acceptors (Lipinski definition) is 3. The number of halogens is 1. The van der Waals surface area contributed by atoms with Gasteiger partial charge in [-0.05, 0) is 43.9 Å². The Kier molecular flexibility index (Phi) is 9.52. The summed E-state index contributed by atoms with van der Waals surface area (Å²) in [5, 5.41) is 15.8. The Morgan fingerprint density at radius 2 is 1.81 bits per heavy atom. The zero-order chi connectivity index (χ0) is 21.3. The molecule has 1 aliphatic heterocycles. The summed E-state index contributed by atoms with van der Waals surface area (Å²) in [5.74, 6) is 3.08. The van der Waals surface area contributed by atoms with Gasteiger partial charge in [0.15, 0.2) is 5.96 Å². The minimum Gasteiger partial charge on any atom is -0.356 e. The lowest BCUT2D eigenvalue weighted by molar-refractivity contribution is 0.594. The van der Waals surface area contributed by atoms with E-state index in [0.717, 1.165) is 55.6 Å². The van der Waals surface area contributed by atoms with Crippen LogP contribution < -0.4 is 10.6 Å². The molecule has 0 saturated carbocycles. The van der Waals surface area contributed by atoms with Crippen LogP contribution in [0.3, 0.4) is 0 Å². The number of fused-ring (bicyclic) bond motifs is 1. The fourth-order valence-corrected chi connectivity index (χ4v) is 3.85. The molecule has 0 bridgehead atoms. The Bertz CT molecular complexity index is 981. The van der Waals surface area contributed by atoms with E-state index < -0.39 is 0 Å². The minimum atomic E-state index is 0. The number of nitrogens with one attached hydrogen (secondary N) is 2. The maximum absolute atomic E-state index is 4.80. The van der Waals surface area contributed by atoms with Crippen LogP contribution in [0.4, 0.5) is 5.69 Å². The van der Waals surface area contributed by atoms with Gasteiger partial charge in [0.05, 0.1) is 6.54 Å². The van der Waals surface area contributed by atoms with Crippen LogP contribution >= 0.6 is 24.0 Å². The number of benzene rings is 2. The standard InChI is InChI=1S/C25H32N6.HI/c1-20-13-15-21(16-14-20)19-27-25(28-22-9-4-2-5-10-22)26-17-8-12-24-30-29-23-11-6-3-7-18-31(23)24;/h2,4-5,9-10,13-16H,3,6-8,11-12,17-19H2,1H3,(H2,26,27,28);1H. The van der Waals surface area contributed by atoms with Gasteiger partial charge in [0.25, 0.3) is 0 Å². The van der Waals surface area contributed by atoms with Crippen LogP contribution in [-0.2, 0) is 25.9 Å². The summed E-state index contributed by atoms with van der Waals surface area (Å²) >= 11 is 0. The lowest BCUT2D eigenvalue weighted by Gasteiger charge is -2.13.